The molecular weight excluding hydrogens is 385 g/mol. The predicted octanol–water partition coefficient (Wildman–Crippen LogP) is 2.50. The van der Waals surface area contributed by atoms with Crippen LogP contribution in [-0.2, 0) is 0 Å². The summed E-state index contributed by atoms with van der Waals surface area (Å²) in [5, 5.41) is 21.6. The summed E-state index contributed by atoms with van der Waals surface area (Å²) < 4.78 is 0. The first-order chi connectivity index (χ1) is 11.8. The molecule has 0 fully saturated rings. The quantitative estimate of drug-likeness (QED) is 0.394. The molecule has 2 aromatic heterocycles. The maximum absolute atomic E-state index is 12.3. The first-order valence-electron chi connectivity index (χ1n) is 7.29. The van der Waals surface area contributed by atoms with E-state index in [0.29, 0.717) is 28.1 Å². The van der Waals surface area contributed by atoms with E-state index in [0.717, 1.165) is 0 Å². The topological polar surface area (TPSA) is 140 Å². The van der Waals surface area contributed by atoms with E-state index in [2.05, 4.69) is 20.4 Å². The molecule has 0 aliphatic carbocycles. The zero-order valence-electron chi connectivity index (χ0n) is 13.7. The van der Waals surface area contributed by atoms with Crippen LogP contribution < -0.4 is 11.1 Å². The molecule has 26 heavy (non-hydrogen) atoms. The van der Waals surface area contributed by atoms with E-state index in [9.17, 15) is 19.7 Å². The molecule has 0 saturated heterocycles. The molecule has 1 aromatic carbocycles. The Labute approximate surface area is 157 Å². The van der Waals surface area contributed by atoms with Crippen molar-refractivity contribution in [3.8, 4) is 0 Å². The van der Waals surface area contributed by atoms with Crippen molar-refractivity contribution in [2.45, 2.75) is 19.8 Å². The van der Waals surface area contributed by atoms with Crippen molar-refractivity contribution < 1.29 is 4.92 Å². The minimum Gasteiger partial charge on any atom is -0.302 e. The minimum atomic E-state index is -0.791. The van der Waals surface area contributed by atoms with Crippen molar-refractivity contribution in [2.24, 2.45) is 0 Å². The Balaban J connectivity index is 0.00000243. The van der Waals surface area contributed by atoms with Gasteiger partial charge in [-0.2, -0.15) is 0 Å². The fraction of sp³-hybridized carbons (Fsp3) is 0.200. The largest absolute Gasteiger partial charge is 0.302 e. The van der Waals surface area contributed by atoms with Crippen molar-refractivity contribution in [3.63, 3.8) is 0 Å². The Kier molecular flexibility index (Phi) is 5.43. The van der Waals surface area contributed by atoms with Crippen molar-refractivity contribution in [2.75, 3.05) is 0 Å². The first-order valence-corrected chi connectivity index (χ1v) is 7.67. The highest BCUT2D eigenvalue weighted by Crippen LogP contribution is 2.35. The van der Waals surface area contributed by atoms with Crippen molar-refractivity contribution in [3.05, 3.63) is 82.1 Å². The molecule has 2 heterocycles. The van der Waals surface area contributed by atoms with Crippen LogP contribution in [0.5, 0.6) is 0 Å². The Hall–Kier alpha value is -2.78. The number of nitrogens with one attached hydrogen (secondary N) is 4. The molecule has 138 valence electrons. The molecule has 3 aromatic rings. The number of rotatable bonds is 4. The summed E-state index contributed by atoms with van der Waals surface area (Å²) in [6.07, 6.45) is 0. The second-order valence-electron chi connectivity index (χ2n) is 5.64. The van der Waals surface area contributed by atoms with E-state index in [1.807, 2.05) is 0 Å². The summed E-state index contributed by atoms with van der Waals surface area (Å²) in [5.74, 6) is -0.791. The highest BCUT2D eigenvalue weighted by atomic mass is 35.5. The number of nitro groups is 1. The van der Waals surface area contributed by atoms with Crippen LogP contribution in [0.2, 0.25) is 5.02 Å². The van der Waals surface area contributed by atoms with E-state index >= 15 is 0 Å². The maximum Gasteiger partial charge on any atom is 0.288 e. The van der Waals surface area contributed by atoms with Gasteiger partial charge in [-0.1, -0.05) is 17.7 Å². The monoisotopic (exact) mass is 399 g/mol. The van der Waals surface area contributed by atoms with Crippen molar-refractivity contribution in [1.29, 1.82) is 0 Å². The van der Waals surface area contributed by atoms with Gasteiger partial charge in [0.25, 0.3) is 16.8 Å². The third kappa shape index (κ3) is 3.18. The van der Waals surface area contributed by atoms with Crippen LogP contribution in [0, 0.1) is 24.0 Å². The maximum atomic E-state index is 12.3. The van der Waals surface area contributed by atoms with Gasteiger partial charge < -0.3 is 10.2 Å². The van der Waals surface area contributed by atoms with E-state index in [1.54, 1.807) is 19.9 Å². The normalized spacial score (nSPS) is 10.8. The Morgan fingerprint density at radius 3 is 1.88 bits per heavy atom. The van der Waals surface area contributed by atoms with Gasteiger partial charge in [0, 0.05) is 23.4 Å². The van der Waals surface area contributed by atoms with E-state index in [1.165, 1.54) is 12.1 Å². The van der Waals surface area contributed by atoms with Gasteiger partial charge in [0.15, 0.2) is 0 Å². The Bertz CT molecular complexity index is 1020. The van der Waals surface area contributed by atoms with Gasteiger partial charge in [0.1, 0.15) is 5.02 Å². The predicted molar refractivity (Wildman–Crippen MR) is 98.6 cm³/mol. The first kappa shape index (κ1) is 19.5. The molecule has 3 rings (SSSR count). The lowest BCUT2D eigenvalue weighted by atomic mass is 9.85. The third-order valence-corrected chi connectivity index (χ3v) is 4.42. The van der Waals surface area contributed by atoms with Crippen LogP contribution in [0.3, 0.4) is 0 Å². The SMILES string of the molecule is Cc1[nH][nH]c(=O)c1C(c1ccc(Cl)c([N+](=O)[O-])c1)c1c(C)[nH][nH]c1=O.Cl. The van der Waals surface area contributed by atoms with Crippen molar-refractivity contribution >= 4 is 29.7 Å². The van der Waals surface area contributed by atoms with Gasteiger partial charge >= 0.3 is 0 Å². The average Bonchev–Trinajstić information content (AvgIpc) is 3.06. The fourth-order valence-corrected chi connectivity index (χ4v) is 3.12. The molecule has 11 heteroatoms. The molecule has 0 amide bonds. The average molecular weight is 400 g/mol. The number of benzene rings is 1. The van der Waals surface area contributed by atoms with E-state index < -0.39 is 22.0 Å². The van der Waals surface area contributed by atoms with Crippen LogP contribution in [0.25, 0.3) is 0 Å². The molecule has 0 unspecified atom stereocenters. The molecule has 0 saturated carbocycles. The number of aryl methyl sites for hydroxylation is 2. The number of H-pyrrole nitrogens is 4. The number of aromatic amines is 4. The van der Waals surface area contributed by atoms with Gasteiger partial charge in [0.2, 0.25) is 0 Å². The van der Waals surface area contributed by atoms with Gasteiger partial charge in [-0.25, -0.2) is 0 Å². The second-order valence-corrected chi connectivity index (χ2v) is 6.04. The van der Waals surface area contributed by atoms with Crippen LogP contribution in [0.15, 0.2) is 27.8 Å². The Morgan fingerprint density at radius 2 is 1.50 bits per heavy atom. The molecule has 0 atom stereocenters. The molecule has 0 aliphatic heterocycles. The van der Waals surface area contributed by atoms with Crippen LogP contribution in [0.1, 0.15) is 34.0 Å². The lowest BCUT2D eigenvalue weighted by Crippen LogP contribution is -2.20. The lowest BCUT2D eigenvalue weighted by molar-refractivity contribution is -0.384. The molecule has 0 aliphatic rings. The van der Waals surface area contributed by atoms with E-state index in [-0.39, 0.29) is 23.1 Å². The lowest BCUT2D eigenvalue weighted by Gasteiger charge is -2.16. The molecule has 0 radical (unpaired) electrons. The number of nitrogens with zero attached hydrogens (tertiary/aromatic N) is 1. The summed E-state index contributed by atoms with van der Waals surface area (Å²) in [7, 11) is 0. The number of hydrogen-bond acceptors (Lipinski definition) is 4. The zero-order valence-corrected chi connectivity index (χ0v) is 15.2. The molecule has 0 spiro atoms. The second kappa shape index (κ2) is 7.22. The number of hydrogen-bond donors (Lipinski definition) is 4. The number of nitro benzene ring substituents is 1. The molecule has 9 nitrogen and oxygen atoms in total. The van der Waals surface area contributed by atoms with Gasteiger partial charge in [-0.15, -0.1) is 12.4 Å². The van der Waals surface area contributed by atoms with Gasteiger partial charge in [0.05, 0.1) is 16.1 Å². The highest BCUT2D eigenvalue weighted by molar-refractivity contribution is 6.32. The van der Waals surface area contributed by atoms with Crippen molar-refractivity contribution in [1.82, 2.24) is 20.4 Å². The summed E-state index contributed by atoms with van der Waals surface area (Å²) in [6, 6.07) is 4.23. The molecule has 0 bridgehead atoms. The summed E-state index contributed by atoms with van der Waals surface area (Å²) >= 11 is 5.88. The minimum absolute atomic E-state index is 0. The standard InChI is InChI=1S/C15H14ClN5O4.ClH/c1-6-11(14(22)19-17-6)13(12-7(2)18-20-15(12)23)8-3-4-9(16)10(5-8)21(24)25;/h3-5,13H,1-2H3,(H2,17,19,22)(H2,18,20,23);1H. The summed E-state index contributed by atoms with van der Waals surface area (Å²) in [5.41, 5.74) is 1.01. The summed E-state index contributed by atoms with van der Waals surface area (Å²) in [6.45, 7) is 3.36. The van der Waals surface area contributed by atoms with Gasteiger partial charge in [-0.3, -0.25) is 29.9 Å². The van der Waals surface area contributed by atoms with E-state index in [4.69, 9.17) is 11.6 Å². The van der Waals surface area contributed by atoms with Crippen LogP contribution in [0.4, 0.5) is 5.69 Å². The highest BCUT2D eigenvalue weighted by Gasteiger charge is 2.29. The number of halogens is 2. The van der Waals surface area contributed by atoms with Gasteiger partial charge in [-0.05, 0) is 25.5 Å². The third-order valence-electron chi connectivity index (χ3n) is 4.10. The smallest absolute Gasteiger partial charge is 0.288 e. The Morgan fingerprint density at radius 1 is 1.00 bits per heavy atom. The van der Waals surface area contributed by atoms with Crippen LogP contribution in [-0.4, -0.2) is 25.3 Å². The molecule has 4 N–H and O–H groups in total. The molecular formula is C15H15Cl2N5O4. The fourth-order valence-electron chi connectivity index (χ4n) is 2.93. The zero-order chi connectivity index (χ0) is 18.3. The summed E-state index contributed by atoms with van der Waals surface area (Å²) in [4.78, 5) is 35.2. The van der Waals surface area contributed by atoms with Crippen LogP contribution >= 0.6 is 24.0 Å². The number of aromatic nitrogens is 4.